The molecule has 7 aromatic rings. The van der Waals surface area contributed by atoms with Crippen LogP contribution in [-0.4, -0.2) is 11.3 Å². The maximum absolute atomic E-state index is 2.54. The SMILES string of the molecule is CC1(C)c2ccccc2B2c3c(ccc(N(c4ccccc4)c4ccccc4)c31)-n1c3ccccc3c3cccc2c31. The molecule has 42 heavy (non-hydrogen) atoms. The van der Waals surface area contributed by atoms with Crippen molar-refractivity contribution >= 4 is 62.0 Å². The number of rotatable bonds is 3. The minimum absolute atomic E-state index is 0.160. The fraction of sp³-hybridized carbons (Fsp3) is 0.0769. The number of para-hydroxylation sites is 4. The Bertz CT molecular complexity index is 2140. The summed E-state index contributed by atoms with van der Waals surface area (Å²) in [6.45, 7) is 4.99. The first-order chi connectivity index (χ1) is 20.6. The zero-order chi connectivity index (χ0) is 28.0. The Morgan fingerprint density at radius 3 is 1.95 bits per heavy atom. The molecule has 0 radical (unpaired) electrons. The van der Waals surface area contributed by atoms with Gasteiger partial charge in [0.25, 0.3) is 0 Å². The zero-order valence-electron chi connectivity index (χ0n) is 23.8. The van der Waals surface area contributed by atoms with Crippen molar-refractivity contribution in [3.63, 3.8) is 0 Å². The van der Waals surface area contributed by atoms with Crippen LogP contribution in [-0.2, 0) is 5.41 Å². The highest BCUT2D eigenvalue weighted by molar-refractivity contribution is 6.99. The summed E-state index contributed by atoms with van der Waals surface area (Å²) in [5.74, 6) is 0. The van der Waals surface area contributed by atoms with Crippen LogP contribution in [0.2, 0.25) is 0 Å². The van der Waals surface area contributed by atoms with Gasteiger partial charge < -0.3 is 9.47 Å². The Balaban J connectivity index is 1.46. The predicted molar refractivity (Wildman–Crippen MR) is 179 cm³/mol. The van der Waals surface area contributed by atoms with Crippen LogP contribution in [0.15, 0.2) is 140 Å². The smallest absolute Gasteiger partial charge is 0.247 e. The van der Waals surface area contributed by atoms with Gasteiger partial charge in [0.05, 0.1) is 5.52 Å². The van der Waals surface area contributed by atoms with Gasteiger partial charge in [-0.1, -0.05) is 116 Å². The molecule has 0 saturated carbocycles. The first kappa shape index (κ1) is 23.7. The van der Waals surface area contributed by atoms with E-state index in [0.717, 1.165) is 11.4 Å². The molecule has 0 bridgehead atoms. The van der Waals surface area contributed by atoms with Gasteiger partial charge in [0.15, 0.2) is 0 Å². The van der Waals surface area contributed by atoms with E-state index in [1.54, 1.807) is 0 Å². The third kappa shape index (κ3) is 3.00. The number of aromatic nitrogens is 1. The monoisotopic (exact) mass is 536 g/mol. The zero-order valence-corrected chi connectivity index (χ0v) is 23.8. The molecule has 0 atom stereocenters. The lowest BCUT2D eigenvalue weighted by Crippen LogP contribution is -2.63. The summed E-state index contributed by atoms with van der Waals surface area (Å²) in [5.41, 5.74) is 14.3. The minimum Gasteiger partial charge on any atom is -0.310 e. The Kier molecular flexibility index (Phi) is 4.79. The van der Waals surface area contributed by atoms with Gasteiger partial charge in [0.1, 0.15) is 0 Å². The Morgan fingerprint density at radius 2 is 1.19 bits per heavy atom. The van der Waals surface area contributed by atoms with Gasteiger partial charge >= 0.3 is 0 Å². The molecule has 3 heteroatoms. The first-order valence-electron chi connectivity index (χ1n) is 14.8. The van der Waals surface area contributed by atoms with Crippen molar-refractivity contribution in [2.45, 2.75) is 19.3 Å². The molecule has 0 unspecified atom stereocenters. The van der Waals surface area contributed by atoms with Crippen LogP contribution in [0.5, 0.6) is 0 Å². The van der Waals surface area contributed by atoms with E-state index < -0.39 is 0 Å². The molecule has 2 aliphatic heterocycles. The second-order valence-corrected chi connectivity index (χ2v) is 12.1. The van der Waals surface area contributed by atoms with Crippen molar-refractivity contribution in [1.82, 2.24) is 4.57 Å². The van der Waals surface area contributed by atoms with Gasteiger partial charge in [-0.2, -0.15) is 0 Å². The molecule has 9 rings (SSSR count). The molecule has 0 aliphatic carbocycles. The Morgan fingerprint density at radius 1 is 0.571 bits per heavy atom. The van der Waals surface area contributed by atoms with Gasteiger partial charge in [0, 0.05) is 44.5 Å². The highest BCUT2D eigenvalue weighted by Crippen LogP contribution is 2.46. The highest BCUT2D eigenvalue weighted by Gasteiger charge is 2.46. The molecule has 6 aromatic carbocycles. The first-order valence-corrected chi connectivity index (χ1v) is 14.8. The van der Waals surface area contributed by atoms with Crippen molar-refractivity contribution in [2.75, 3.05) is 4.90 Å². The molecule has 0 fully saturated rings. The van der Waals surface area contributed by atoms with E-state index in [9.17, 15) is 0 Å². The van der Waals surface area contributed by atoms with Crippen molar-refractivity contribution in [3.8, 4) is 5.69 Å². The van der Waals surface area contributed by atoms with Crippen molar-refractivity contribution in [3.05, 3.63) is 151 Å². The van der Waals surface area contributed by atoms with Crippen molar-refractivity contribution < 1.29 is 0 Å². The van der Waals surface area contributed by atoms with Crippen LogP contribution < -0.4 is 21.3 Å². The van der Waals surface area contributed by atoms with E-state index in [1.165, 1.54) is 60.7 Å². The van der Waals surface area contributed by atoms with Crippen LogP contribution in [0.4, 0.5) is 17.1 Å². The summed E-state index contributed by atoms with van der Waals surface area (Å²) in [6.07, 6.45) is 0. The number of benzene rings is 6. The second kappa shape index (κ2) is 8.50. The van der Waals surface area contributed by atoms with E-state index in [2.05, 4.69) is 163 Å². The molecule has 2 nitrogen and oxygen atoms in total. The number of nitrogens with zero attached hydrogens (tertiary/aromatic N) is 2. The summed E-state index contributed by atoms with van der Waals surface area (Å²) in [4.78, 5) is 2.45. The van der Waals surface area contributed by atoms with Gasteiger partial charge in [-0.3, -0.25) is 0 Å². The largest absolute Gasteiger partial charge is 0.310 e. The molecular formula is C39H29BN2. The summed E-state index contributed by atoms with van der Waals surface area (Å²) in [6, 6.07) is 51.3. The average Bonchev–Trinajstić information content (AvgIpc) is 3.38. The minimum atomic E-state index is -0.218. The molecule has 1 aromatic heterocycles. The fourth-order valence-electron chi connectivity index (χ4n) is 7.97. The van der Waals surface area contributed by atoms with E-state index in [-0.39, 0.29) is 12.1 Å². The van der Waals surface area contributed by atoms with Gasteiger partial charge in [-0.05, 0) is 64.5 Å². The average molecular weight is 536 g/mol. The number of fused-ring (bicyclic) bond motifs is 7. The van der Waals surface area contributed by atoms with Crippen LogP contribution in [0.1, 0.15) is 25.0 Å². The maximum Gasteiger partial charge on any atom is 0.247 e. The second-order valence-electron chi connectivity index (χ2n) is 12.1. The quantitative estimate of drug-likeness (QED) is 0.210. The molecule has 3 heterocycles. The lowest BCUT2D eigenvalue weighted by Gasteiger charge is -2.44. The molecular weight excluding hydrogens is 507 g/mol. The van der Waals surface area contributed by atoms with Gasteiger partial charge in [0.2, 0.25) is 6.71 Å². The Labute approximate surface area is 246 Å². The standard InChI is InChI=1S/C39H29BN2/c1-39(2)30-20-10-11-21-31(30)40-32-22-13-19-29-28-18-9-12-23-33(28)42(38(29)32)35-25-24-34(36(39)37(35)40)41(26-14-5-3-6-15-26)27-16-7-4-8-17-27/h3-25H,1-2H3. The van der Waals surface area contributed by atoms with E-state index in [1.807, 2.05) is 0 Å². The molecule has 0 spiro atoms. The van der Waals surface area contributed by atoms with Gasteiger partial charge in [-0.15, -0.1) is 0 Å². The van der Waals surface area contributed by atoms with Crippen LogP contribution >= 0.6 is 0 Å². The van der Waals surface area contributed by atoms with E-state index >= 15 is 0 Å². The maximum atomic E-state index is 2.54. The predicted octanol–water partition coefficient (Wildman–Crippen LogP) is 7.72. The number of hydrogen-bond acceptors (Lipinski definition) is 1. The normalized spacial score (nSPS) is 14.1. The number of anilines is 3. The summed E-state index contributed by atoms with van der Waals surface area (Å²) >= 11 is 0. The van der Waals surface area contributed by atoms with Crippen LogP contribution in [0.3, 0.4) is 0 Å². The van der Waals surface area contributed by atoms with Crippen molar-refractivity contribution in [1.29, 1.82) is 0 Å². The lowest BCUT2D eigenvalue weighted by molar-refractivity contribution is 0.646. The summed E-state index contributed by atoms with van der Waals surface area (Å²) < 4.78 is 2.54. The lowest BCUT2D eigenvalue weighted by atomic mass is 9.30. The summed E-state index contributed by atoms with van der Waals surface area (Å²) in [7, 11) is 0. The third-order valence-electron chi connectivity index (χ3n) is 9.61. The van der Waals surface area contributed by atoms with Gasteiger partial charge in [-0.25, -0.2) is 0 Å². The van der Waals surface area contributed by atoms with Crippen LogP contribution in [0.25, 0.3) is 27.5 Å². The molecule has 0 N–H and O–H groups in total. The highest BCUT2D eigenvalue weighted by atomic mass is 15.1. The fourth-order valence-corrected chi connectivity index (χ4v) is 7.97. The molecule has 198 valence electrons. The van der Waals surface area contributed by atoms with Crippen molar-refractivity contribution in [2.24, 2.45) is 0 Å². The Hall–Kier alpha value is -5.02. The third-order valence-corrected chi connectivity index (χ3v) is 9.61. The van der Waals surface area contributed by atoms with E-state index in [0.29, 0.717) is 0 Å². The van der Waals surface area contributed by atoms with Crippen LogP contribution in [0, 0.1) is 0 Å². The molecule has 0 saturated heterocycles. The topological polar surface area (TPSA) is 8.17 Å². The van der Waals surface area contributed by atoms with E-state index in [4.69, 9.17) is 0 Å². The molecule has 0 amide bonds. The number of hydrogen-bond donors (Lipinski definition) is 0. The summed E-state index contributed by atoms with van der Waals surface area (Å²) in [5, 5.41) is 2.64. The molecule has 2 aliphatic rings.